The van der Waals surface area contributed by atoms with Crippen LogP contribution in [0.3, 0.4) is 0 Å². The minimum absolute atomic E-state index is 0.125. The van der Waals surface area contributed by atoms with Crippen molar-refractivity contribution < 1.29 is 9.84 Å². The molecule has 0 bridgehead atoms. The fourth-order valence-electron chi connectivity index (χ4n) is 2.12. The van der Waals surface area contributed by atoms with E-state index in [-0.39, 0.29) is 6.10 Å². The number of hydrogen-bond donors (Lipinski definition) is 1. The second-order valence-corrected chi connectivity index (χ2v) is 4.42. The summed E-state index contributed by atoms with van der Waals surface area (Å²) in [5, 5.41) is 18.2. The van der Waals surface area contributed by atoms with Crippen molar-refractivity contribution in [3.05, 3.63) is 11.9 Å². The lowest BCUT2D eigenvalue weighted by Gasteiger charge is -2.35. The summed E-state index contributed by atoms with van der Waals surface area (Å²) in [5.41, 5.74) is 0.169. The van der Waals surface area contributed by atoms with E-state index < -0.39 is 5.60 Å². The van der Waals surface area contributed by atoms with Gasteiger partial charge in [-0.1, -0.05) is 5.21 Å². The minimum Gasteiger partial charge on any atom is -0.389 e. The lowest BCUT2D eigenvalue weighted by Crippen LogP contribution is -2.41. The van der Waals surface area contributed by atoms with E-state index in [1.54, 1.807) is 4.68 Å². The second kappa shape index (κ2) is 3.90. The van der Waals surface area contributed by atoms with Crippen molar-refractivity contribution in [2.45, 2.75) is 37.9 Å². The Morgan fingerprint density at radius 2 is 2.53 bits per heavy atom. The second-order valence-electron chi connectivity index (χ2n) is 4.42. The summed E-state index contributed by atoms with van der Waals surface area (Å²) in [6, 6.07) is 0. The Bertz CT molecular complexity index is 339. The van der Waals surface area contributed by atoms with Gasteiger partial charge in [-0.15, -0.1) is 5.10 Å². The smallest absolute Gasteiger partial charge is 0.0855 e. The number of aryl methyl sites for hydroxylation is 1. The van der Waals surface area contributed by atoms with Gasteiger partial charge in [-0.2, -0.15) is 0 Å². The Kier molecular flexibility index (Phi) is 2.75. The van der Waals surface area contributed by atoms with Crippen LogP contribution in [0.2, 0.25) is 0 Å². The Labute approximate surface area is 89.0 Å². The van der Waals surface area contributed by atoms with Gasteiger partial charge in [-0.3, -0.25) is 4.68 Å². The molecule has 1 aliphatic heterocycles. The van der Waals surface area contributed by atoms with Gasteiger partial charge in [0.2, 0.25) is 0 Å². The molecule has 0 radical (unpaired) electrons. The molecule has 2 rings (SSSR count). The molecule has 1 aliphatic rings. The first-order valence-corrected chi connectivity index (χ1v) is 5.27. The van der Waals surface area contributed by atoms with Crippen molar-refractivity contribution in [3.8, 4) is 0 Å². The predicted octanol–water partition coefficient (Wildman–Crippen LogP) is 0.288. The summed E-state index contributed by atoms with van der Waals surface area (Å²) in [4.78, 5) is 0. The molecule has 1 fully saturated rings. The largest absolute Gasteiger partial charge is 0.389 e. The molecular weight excluding hydrogens is 194 g/mol. The Morgan fingerprint density at radius 3 is 3.13 bits per heavy atom. The quantitative estimate of drug-likeness (QED) is 0.763. The van der Waals surface area contributed by atoms with Crippen LogP contribution in [-0.4, -0.2) is 38.4 Å². The summed E-state index contributed by atoms with van der Waals surface area (Å²) < 4.78 is 7.07. The van der Waals surface area contributed by atoms with Crippen LogP contribution in [0.15, 0.2) is 6.20 Å². The molecule has 5 nitrogen and oxygen atoms in total. The molecule has 0 amide bonds. The molecule has 1 N–H and O–H groups in total. The standard InChI is InChI=1S/C10H17N3O2/c1-8-5-10(14,3-4-15-8)6-9-7-13(2)12-11-9/h7-8,14H,3-6H2,1-2H3. The van der Waals surface area contributed by atoms with Crippen molar-refractivity contribution in [1.29, 1.82) is 0 Å². The highest BCUT2D eigenvalue weighted by atomic mass is 16.5. The minimum atomic E-state index is -0.673. The molecule has 2 heterocycles. The average Bonchev–Trinajstić information content (AvgIpc) is 2.49. The number of ether oxygens (including phenoxy) is 1. The zero-order valence-electron chi connectivity index (χ0n) is 9.18. The zero-order valence-corrected chi connectivity index (χ0v) is 9.18. The summed E-state index contributed by atoms with van der Waals surface area (Å²) in [6.45, 7) is 2.61. The van der Waals surface area contributed by atoms with Crippen LogP contribution >= 0.6 is 0 Å². The molecule has 0 spiro atoms. The van der Waals surface area contributed by atoms with Crippen molar-refractivity contribution in [2.75, 3.05) is 6.61 Å². The zero-order chi connectivity index (χ0) is 10.9. The molecule has 0 aliphatic carbocycles. The number of nitrogens with zero attached hydrogens (tertiary/aromatic N) is 3. The average molecular weight is 211 g/mol. The molecule has 1 saturated heterocycles. The highest BCUT2D eigenvalue weighted by molar-refractivity contribution is 5.01. The van der Waals surface area contributed by atoms with Crippen molar-refractivity contribution in [3.63, 3.8) is 0 Å². The third kappa shape index (κ3) is 2.54. The molecule has 84 valence electrons. The number of hydrogen-bond acceptors (Lipinski definition) is 4. The van der Waals surface area contributed by atoms with Crippen molar-refractivity contribution >= 4 is 0 Å². The number of aromatic nitrogens is 3. The molecule has 0 saturated carbocycles. The maximum absolute atomic E-state index is 10.3. The molecule has 5 heteroatoms. The van der Waals surface area contributed by atoms with Gasteiger partial charge in [0.15, 0.2) is 0 Å². The Hall–Kier alpha value is -0.940. The first kappa shape index (κ1) is 10.6. The van der Waals surface area contributed by atoms with Crippen molar-refractivity contribution in [2.24, 2.45) is 7.05 Å². The van der Waals surface area contributed by atoms with Crippen LogP contribution in [0.4, 0.5) is 0 Å². The van der Waals surface area contributed by atoms with Gasteiger partial charge < -0.3 is 9.84 Å². The summed E-state index contributed by atoms with van der Waals surface area (Å²) in [5.74, 6) is 0. The van der Waals surface area contributed by atoms with Crippen LogP contribution in [0.25, 0.3) is 0 Å². The monoisotopic (exact) mass is 211 g/mol. The summed E-state index contributed by atoms with van der Waals surface area (Å²) in [6.07, 6.45) is 3.88. The molecule has 2 atom stereocenters. The van der Waals surface area contributed by atoms with E-state index in [4.69, 9.17) is 4.74 Å². The highest BCUT2D eigenvalue weighted by Gasteiger charge is 2.34. The first-order chi connectivity index (χ1) is 7.07. The van der Waals surface area contributed by atoms with Gasteiger partial charge in [0.05, 0.1) is 17.4 Å². The van der Waals surface area contributed by atoms with Crippen LogP contribution in [0.5, 0.6) is 0 Å². The van der Waals surface area contributed by atoms with E-state index in [9.17, 15) is 5.11 Å². The number of rotatable bonds is 2. The van der Waals surface area contributed by atoms with Gasteiger partial charge in [-0.25, -0.2) is 0 Å². The van der Waals surface area contributed by atoms with Gasteiger partial charge >= 0.3 is 0 Å². The first-order valence-electron chi connectivity index (χ1n) is 5.27. The maximum atomic E-state index is 10.3. The molecular formula is C10H17N3O2. The van der Waals surface area contributed by atoms with E-state index in [1.165, 1.54) is 0 Å². The molecule has 15 heavy (non-hydrogen) atoms. The van der Waals surface area contributed by atoms with E-state index >= 15 is 0 Å². The fourth-order valence-corrected chi connectivity index (χ4v) is 2.12. The molecule has 2 unspecified atom stereocenters. The van der Waals surface area contributed by atoms with E-state index in [1.807, 2.05) is 20.2 Å². The Balaban J connectivity index is 2.03. The third-order valence-corrected chi connectivity index (χ3v) is 2.80. The number of aliphatic hydroxyl groups is 1. The van der Waals surface area contributed by atoms with Gasteiger partial charge in [0, 0.05) is 32.7 Å². The predicted molar refractivity (Wildman–Crippen MR) is 54.3 cm³/mol. The van der Waals surface area contributed by atoms with E-state index in [0.29, 0.717) is 25.9 Å². The Morgan fingerprint density at radius 1 is 1.73 bits per heavy atom. The van der Waals surface area contributed by atoms with Crippen LogP contribution in [0.1, 0.15) is 25.5 Å². The van der Waals surface area contributed by atoms with Crippen LogP contribution in [-0.2, 0) is 18.2 Å². The molecule has 1 aromatic heterocycles. The lowest BCUT2D eigenvalue weighted by molar-refractivity contribution is -0.0965. The van der Waals surface area contributed by atoms with Crippen molar-refractivity contribution in [1.82, 2.24) is 15.0 Å². The maximum Gasteiger partial charge on any atom is 0.0855 e. The normalized spacial score (nSPS) is 31.8. The van der Waals surface area contributed by atoms with Gasteiger partial charge in [0.25, 0.3) is 0 Å². The lowest BCUT2D eigenvalue weighted by atomic mass is 9.87. The highest BCUT2D eigenvalue weighted by Crippen LogP contribution is 2.27. The summed E-state index contributed by atoms with van der Waals surface area (Å²) in [7, 11) is 1.83. The van der Waals surface area contributed by atoms with Gasteiger partial charge in [-0.05, 0) is 13.3 Å². The SMILES string of the molecule is CC1CC(O)(Cc2cn(C)nn2)CCO1. The van der Waals surface area contributed by atoms with Crippen LogP contribution in [0, 0.1) is 0 Å². The molecule has 1 aromatic rings. The summed E-state index contributed by atoms with van der Waals surface area (Å²) >= 11 is 0. The van der Waals surface area contributed by atoms with Crippen LogP contribution < -0.4 is 0 Å². The third-order valence-electron chi connectivity index (χ3n) is 2.80. The topological polar surface area (TPSA) is 60.2 Å². The van der Waals surface area contributed by atoms with E-state index in [0.717, 1.165) is 5.69 Å². The molecule has 0 aromatic carbocycles. The fraction of sp³-hybridized carbons (Fsp3) is 0.800. The van der Waals surface area contributed by atoms with E-state index in [2.05, 4.69) is 10.3 Å². The van der Waals surface area contributed by atoms with Gasteiger partial charge in [0.1, 0.15) is 0 Å².